The average Bonchev–Trinajstić information content (AvgIpc) is 2.46. The molecular formula is C14H17NO7. The molecule has 0 aromatic heterocycles. The van der Waals surface area contributed by atoms with Crippen molar-refractivity contribution >= 4 is 23.7 Å². The lowest BCUT2D eigenvalue weighted by atomic mass is 10.1. The highest BCUT2D eigenvalue weighted by molar-refractivity contribution is 6.32. The molecule has 120 valence electrons. The summed E-state index contributed by atoms with van der Waals surface area (Å²) >= 11 is 0. The highest BCUT2D eigenvalue weighted by Gasteiger charge is 2.12. The smallest absolute Gasteiger partial charge is 0.372 e. The van der Waals surface area contributed by atoms with Gasteiger partial charge in [-0.3, -0.25) is 14.4 Å². The number of rotatable bonds is 7. The van der Waals surface area contributed by atoms with E-state index in [9.17, 15) is 19.2 Å². The van der Waals surface area contributed by atoms with Crippen molar-refractivity contribution in [1.82, 2.24) is 0 Å². The molecule has 0 spiro atoms. The fraction of sp³-hybridized carbons (Fsp3) is 0.286. The summed E-state index contributed by atoms with van der Waals surface area (Å²) in [5, 5.41) is 24.5. The van der Waals surface area contributed by atoms with Crippen molar-refractivity contribution < 1.29 is 34.5 Å². The number of benzene rings is 1. The molecule has 0 unspecified atom stereocenters. The van der Waals surface area contributed by atoms with Crippen molar-refractivity contribution in [2.24, 2.45) is 5.73 Å². The maximum absolute atomic E-state index is 10.4. The van der Waals surface area contributed by atoms with Gasteiger partial charge in [0, 0.05) is 6.42 Å². The van der Waals surface area contributed by atoms with Crippen LogP contribution in [0.25, 0.3) is 0 Å². The molecule has 0 aliphatic rings. The summed E-state index contributed by atoms with van der Waals surface area (Å²) in [4.78, 5) is 40.1. The zero-order valence-electron chi connectivity index (χ0n) is 11.6. The fourth-order valence-corrected chi connectivity index (χ4v) is 1.28. The number of Topliss-reactive ketones (excluding diaryl/α,β-unsaturated/α-hetero) is 1. The van der Waals surface area contributed by atoms with E-state index >= 15 is 0 Å². The van der Waals surface area contributed by atoms with Gasteiger partial charge < -0.3 is 21.1 Å². The van der Waals surface area contributed by atoms with E-state index in [-0.39, 0.29) is 0 Å². The molecular weight excluding hydrogens is 294 g/mol. The Kier molecular flexibility index (Phi) is 8.80. The highest BCUT2D eigenvalue weighted by atomic mass is 16.4. The molecule has 1 aromatic rings. The van der Waals surface area contributed by atoms with Crippen LogP contribution in [-0.2, 0) is 25.6 Å². The molecule has 0 aliphatic heterocycles. The minimum Gasteiger partial charge on any atom is -0.481 e. The summed E-state index contributed by atoms with van der Waals surface area (Å²) < 4.78 is 0. The van der Waals surface area contributed by atoms with Crippen LogP contribution in [0.2, 0.25) is 0 Å². The average molecular weight is 311 g/mol. The van der Waals surface area contributed by atoms with Crippen LogP contribution >= 0.6 is 0 Å². The standard InChI is InChI=1S/C9H11NO2.C5H6O5/c10-8(9(11)12)6-7-4-2-1-3-5-7;6-3(5(9)10)1-2-4(7)8/h1-5,8H,6,10H2,(H,11,12);1-2H2,(H,7,8)(H,9,10)/t8-;/m0./s1. The number of carbonyl (C=O) groups excluding carboxylic acids is 1. The Morgan fingerprint density at radius 2 is 1.50 bits per heavy atom. The summed E-state index contributed by atoms with van der Waals surface area (Å²) in [5.74, 6) is -4.78. The number of carboxylic acid groups (broad SMARTS) is 3. The predicted molar refractivity (Wildman–Crippen MR) is 75.3 cm³/mol. The number of ketones is 1. The summed E-state index contributed by atoms with van der Waals surface area (Å²) in [6.07, 6.45) is -0.480. The van der Waals surface area contributed by atoms with Crippen molar-refractivity contribution in [2.75, 3.05) is 0 Å². The number of carbonyl (C=O) groups is 4. The third-order valence-electron chi connectivity index (χ3n) is 2.42. The largest absolute Gasteiger partial charge is 0.481 e. The first kappa shape index (κ1) is 19.3. The quantitative estimate of drug-likeness (QED) is 0.518. The van der Waals surface area contributed by atoms with Crippen molar-refractivity contribution in [1.29, 1.82) is 0 Å². The van der Waals surface area contributed by atoms with Gasteiger partial charge in [0.05, 0.1) is 6.42 Å². The Morgan fingerprint density at radius 1 is 0.955 bits per heavy atom. The first-order valence-electron chi connectivity index (χ1n) is 6.24. The van der Waals surface area contributed by atoms with E-state index < -0.39 is 42.6 Å². The molecule has 0 bridgehead atoms. The Hall–Kier alpha value is -2.74. The van der Waals surface area contributed by atoms with Gasteiger partial charge in [-0.2, -0.15) is 0 Å². The topological polar surface area (TPSA) is 155 Å². The van der Waals surface area contributed by atoms with Crippen LogP contribution in [0.4, 0.5) is 0 Å². The lowest BCUT2D eigenvalue weighted by Crippen LogP contribution is -2.32. The molecule has 0 radical (unpaired) electrons. The van der Waals surface area contributed by atoms with E-state index in [2.05, 4.69) is 0 Å². The third kappa shape index (κ3) is 9.21. The second-order valence-electron chi connectivity index (χ2n) is 4.26. The Labute approximate surface area is 126 Å². The number of hydrogen-bond donors (Lipinski definition) is 4. The number of hydrogen-bond acceptors (Lipinski definition) is 5. The normalized spacial score (nSPS) is 10.8. The van der Waals surface area contributed by atoms with Crippen LogP contribution < -0.4 is 5.73 Å². The van der Waals surface area contributed by atoms with Gasteiger partial charge in [0.1, 0.15) is 6.04 Å². The highest BCUT2D eigenvalue weighted by Crippen LogP contribution is 2.01. The molecule has 8 nitrogen and oxygen atoms in total. The van der Waals surface area contributed by atoms with Crippen molar-refractivity contribution in [3.63, 3.8) is 0 Å². The van der Waals surface area contributed by atoms with Gasteiger partial charge in [-0.1, -0.05) is 30.3 Å². The molecule has 5 N–H and O–H groups in total. The van der Waals surface area contributed by atoms with Crippen LogP contribution in [-0.4, -0.2) is 45.1 Å². The number of carboxylic acids is 3. The summed E-state index contributed by atoms with van der Waals surface area (Å²) in [6.45, 7) is 0. The van der Waals surface area contributed by atoms with E-state index in [0.717, 1.165) is 5.56 Å². The lowest BCUT2D eigenvalue weighted by molar-refractivity contribution is -0.149. The van der Waals surface area contributed by atoms with Gasteiger partial charge in [-0.05, 0) is 12.0 Å². The van der Waals surface area contributed by atoms with Crippen LogP contribution in [0.15, 0.2) is 30.3 Å². The van der Waals surface area contributed by atoms with Gasteiger partial charge in [0.2, 0.25) is 5.78 Å². The molecule has 1 atom stereocenters. The second kappa shape index (κ2) is 10.1. The third-order valence-corrected chi connectivity index (χ3v) is 2.42. The maximum Gasteiger partial charge on any atom is 0.372 e. The lowest BCUT2D eigenvalue weighted by Gasteiger charge is -2.04. The van der Waals surface area contributed by atoms with E-state index in [1.165, 1.54) is 0 Å². The number of nitrogens with two attached hydrogens (primary N) is 1. The van der Waals surface area contributed by atoms with Gasteiger partial charge in [0.15, 0.2) is 0 Å². The minimum absolute atomic E-state index is 0.385. The maximum atomic E-state index is 10.4. The second-order valence-corrected chi connectivity index (χ2v) is 4.26. The molecule has 1 rings (SSSR count). The van der Waals surface area contributed by atoms with E-state index in [4.69, 9.17) is 21.1 Å². The zero-order valence-corrected chi connectivity index (χ0v) is 11.6. The van der Waals surface area contributed by atoms with Gasteiger partial charge in [-0.15, -0.1) is 0 Å². The van der Waals surface area contributed by atoms with Crippen LogP contribution in [0, 0.1) is 0 Å². The van der Waals surface area contributed by atoms with E-state index in [0.29, 0.717) is 6.42 Å². The fourth-order valence-electron chi connectivity index (χ4n) is 1.28. The Morgan fingerprint density at radius 3 is 1.91 bits per heavy atom. The molecule has 8 heteroatoms. The van der Waals surface area contributed by atoms with Crippen LogP contribution in [0.1, 0.15) is 18.4 Å². The van der Waals surface area contributed by atoms with Gasteiger partial charge >= 0.3 is 17.9 Å². The van der Waals surface area contributed by atoms with Crippen molar-refractivity contribution in [2.45, 2.75) is 25.3 Å². The molecule has 0 saturated heterocycles. The molecule has 0 heterocycles. The first-order chi connectivity index (χ1) is 10.2. The summed E-state index contributed by atoms with van der Waals surface area (Å²) in [6, 6.07) is 8.54. The molecule has 0 aliphatic carbocycles. The number of aliphatic carboxylic acids is 3. The zero-order chi connectivity index (χ0) is 17.1. The molecule has 0 fully saturated rings. The Balaban J connectivity index is 0.000000409. The SMILES string of the molecule is N[C@@H](Cc1ccccc1)C(=O)O.O=C(O)CCC(=O)C(=O)O. The molecule has 0 amide bonds. The molecule has 0 saturated carbocycles. The summed E-state index contributed by atoms with van der Waals surface area (Å²) in [5.41, 5.74) is 6.30. The minimum atomic E-state index is -1.58. The van der Waals surface area contributed by atoms with Gasteiger partial charge in [-0.25, -0.2) is 4.79 Å². The predicted octanol–water partition coefficient (Wildman–Crippen LogP) is 0.146. The monoisotopic (exact) mass is 311 g/mol. The first-order valence-corrected chi connectivity index (χ1v) is 6.24. The van der Waals surface area contributed by atoms with Crippen molar-refractivity contribution in [3.8, 4) is 0 Å². The van der Waals surface area contributed by atoms with Crippen LogP contribution in [0.5, 0.6) is 0 Å². The Bertz CT molecular complexity index is 527. The summed E-state index contributed by atoms with van der Waals surface area (Å²) in [7, 11) is 0. The van der Waals surface area contributed by atoms with Gasteiger partial charge in [0.25, 0.3) is 0 Å². The van der Waals surface area contributed by atoms with E-state index in [1.54, 1.807) is 0 Å². The van der Waals surface area contributed by atoms with E-state index in [1.807, 2.05) is 30.3 Å². The molecule has 22 heavy (non-hydrogen) atoms. The van der Waals surface area contributed by atoms with Crippen LogP contribution in [0.3, 0.4) is 0 Å². The molecule has 1 aromatic carbocycles. The van der Waals surface area contributed by atoms with Crippen molar-refractivity contribution in [3.05, 3.63) is 35.9 Å².